The SMILES string of the molecule is C=C(I)C[C@H](Cl)CC[C@]12C[C@@H](OC)C(O1)C1C[C@@H](O2)[C@H]2O[C@@H](CC(=O)O)CC[C@@H]2O1. The zero-order chi connectivity index (χ0) is 21.5. The van der Waals surface area contributed by atoms with Crippen molar-refractivity contribution in [3.05, 3.63) is 10.2 Å². The molecule has 4 fully saturated rings. The summed E-state index contributed by atoms with van der Waals surface area (Å²) in [6.07, 6.45) is 3.56. The van der Waals surface area contributed by atoms with Gasteiger partial charge in [-0.1, -0.05) is 6.58 Å². The van der Waals surface area contributed by atoms with E-state index in [2.05, 4.69) is 29.2 Å². The van der Waals surface area contributed by atoms with Gasteiger partial charge in [-0.05, 0) is 51.9 Å². The first-order valence-electron chi connectivity index (χ1n) is 10.7. The van der Waals surface area contributed by atoms with Gasteiger partial charge >= 0.3 is 5.97 Å². The molecular formula is C21H30ClIO7. The predicted molar refractivity (Wildman–Crippen MR) is 118 cm³/mol. The van der Waals surface area contributed by atoms with Crippen LogP contribution in [0.5, 0.6) is 0 Å². The summed E-state index contributed by atoms with van der Waals surface area (Å²) in [5.41, 5.74) is 0. The van der Waals surface area contributed by atoms with Gasteiger partial charge in [0.15, 0.2) is 5.79 Å². The van der Waals surface area contributed by atoms with Gasteiger partial charge in [-0.3, -0.25) is 4.79 Å². The molecule has 1 N–H and O–H groups in total. The first kappa shape index (κ1) is 23.2. The largest absolute Gasteiger partial charge is 0.481 e. The minimum Gasteiger partial charge on any atom is -0.481 e. The van der Waals surface area contributed by atoms with E-state index in [4.69, 9.17) is 40.4 Å². The molecule has 4 saturated heterocycles. The Hall–Kier alpha value is 0.0300. The van der Waals surface area contributed by atoms with Crippen molar-refractivity contribution in [3.63, 3.8) is 0 Å². The minimum atomic E-state index is -0.846. The maximum Gasteiger partial charge on any atom is 0.305 e. The Morgan fingerprint density at radius 3 is 2.77 bits per heavy atom. The lowest BCUT2D eigenvalue weighted by Crippen LogP contribution is -2.58. The monoisotopic (exact) mass is 556 g/mol. The van der Waals surface area contributed by atoms with E-state index in [0.717, 1.165) is 22.8 Å². The van der Waals surface area contributed by atoms with Crippen molar-refractivity contribution in [1.29, 1.82) is 0 Å². The van der Waals surface area contributed by atoms with Crippen LogP contribution in [0.15, 0.2) is 10.2 Å². The van der Waals surface area contributed by atoms with E-state index in [1.165, 1.54) is 0 Å². The lowest BCUT2D eigenvalue weighted by Gasteiger charge is -2.47. The average Bonchev–Trinajstić information content (AvgIpc) is 2.98. The van der Waals surface area contributed by atoms with Gasteiger partial charge < -0.3 is 28.8 Å². The molecule has 170 valence electrons. The summed E-state index contributed by atoms with van der Waals surface area (Å²) in [6, 6.07) is 0. The molecular weight excluding hydrogens is 527 g/mol. The van der Waals surface area contributed by atoms with E-state index < -0.39 is 11.8 Å². The first-order valence-corrected chi connectivity index (χ1v) is 12.2. The van der Waals surface area contributed by atoms with Crippen LogP contribution < -0.4 is 0 Å². The molecule has 0 aliphatic carbocycles. The number of ether oxygens (including phenoxy) is 5. The number of methoxy groups -OCH3 is 1. The van der Waals surface area contributed by atoms with E-state index in [1.807, 2.05) is 0 Å². The number of fused-ring (bicyclic) bond motifs is 7. The Morgan fingerprint density at radius 2 is 2.07 bits per heavy atom. The van der Waals surface area contributed by atoms with Crippen molar-refractivity contribution in [2.75, 3.05) is 7.11 Å². The number of carboxylic acids is 1. The number of hydrogen-bond donors (Lipinski definition) is 1. The van der Waals surface area contributed by atoms with E-state index in [1.54, 1.807) is 7.11 Å². The summed E-state index contributed by atoms with van der Waals surface area (Å²) in [4.78, 5) is 11.2. The molecule has 0 aromatic carbocycles. The zero-order valence-corrected chi connectivity index (χ0v) is 20.0. The highest BCUT2D eigenvalue weighted by Crippen LogP contribution is 2.48. The normalized spacial score (nSPS) is 43.5. The van der Waals surface area contributed by atoms with Crippen LogP contribution in [0.3, 0.4) is 0 Å². The van der Waals surface area contributed by atoms with Crippen LogP contribution in [0.4, 0.5) is 0 Å². The molecule has 4 aliphatic rings. The molecule has 0 spiro atoms. The van der Waals surface area contributed by atoms with Gasteiger partial charge in [-0.2, -0.15) is 0 Å². The van der Waals surface area contributed by atoms with Gasteiger partial charge in [0.25, 0.3) is 0 Å². The van der Waals surface area contributed by atoms with Crippen molar-refractivity contribution in [2.24, 2.45) is 0 Å². The van der Waals surface area contributed by atoms with Crippen LogP contribution in [-0.4, -0.2) is 72.1 Å². The van der Waals surface area contributed by atoms with Crippen LogP contribution in [0.1, 0.15) is 51.4 Å². The van der Waals surface area contributed by atoms with E-state index in [-0.39, 0.29) is 54.5 Å². The van der Waals surface area contributed by atoms with Crippen molar-refractivity contribution in [2.45, 2.75) is 105 Å². The second-order valence-electron chi connectivity index (χ2n) is 8.83. The molecule has 4 aliphatic heterocycles. The number of alkyl halides is 1. The third kappa shape index (κ3) is 5.00. The topological polar surface area (TPSA) is 83.5 Å². The number of allylic oxidation sites excluding steroid dienone is 1. The molecule has 0 aromatic rings. The molecule has 2 unspecified atom stereocenters. The van der Waals surface area contributed by atoms with Gasteiger partial charge in [0.2, 0.25) is 0 Å². The van der Waals surface area contributed by atoms with E-state index in [0.29, 0.717) is 25.7 Å². The van der Waals surface area contributed by atoms with Gasteiger partial charge in [0.1, 0.15) is 12.2 Å². The number of aliphatic carboxylic acids is 1. The minimum absolute atomic E-state index is 0.00347. The molecule has 4 heterocycles. The summed E-state index contributed by atoms with van der Waals surface area (Å²) in [5, 5.41) is 9.12. The van der Waals surface area contributed by atoms with Crippen molar-refractivity contribution < 1.29 is 33.6 Å². The van der Waals surface area contributed by atoms with Gasteiger partial charge in [-0.15, -0.1) is 11.6 Å². The number of carbonyl (C=O) groups is 1. The Labute approximate surface area is 195 Å². The lowest BCUT2D eigenvalue weighted by atomic mass is 9.86. The summed E-state index contributed by atoms with van der Waals surface area (Å²) in [5.74, 6) is -1.63. The predicted octanol–water partition coefficient (Wildman–Crippen LogP) is 3.79. The standard InChI is InChI=1S/C21H30ClIO7/c1-11(23)7-12(22)5-6-21-10-17(26-2)20(30-21)15-9-16(29-21)19-14(28-15)4-3-13(27-19)8-18(24)25/h12-17,19-20H,1,3-10H2,2H3,(H,24,25)/t12-,13-,14+,15?,16-,17-,19+,20?,21-/m1/s1. The second kappa shape index (κ2) is 9.49. The molecule has 0 radical (unpaired) electrons. The molecule has 4 bridgehead atoms. The molecule has 30 heavy (non-hydrogen) atoms. The highest BCUT2D eigenvalue weighted by molar-refractivity contribution is 14.1. The Morgan fingerprint density at radius 1 is 1.27 bits per heavy atom. The van der Waals surface area contributed by atoms with Crippen molar-refractivity contribution >= 4 is 40.2 Å². The van der Waals surface area contributed by atoms with Crippen LogP contribution >= 0.6 is 34.2 Å². The number of carboxylic acid groups (broad SMARTS) is 1. The number of halogens is 2. The fourth-order valence-corrected chi connectivity index (χ4v) is 6.39. The van der Waals surface area contributed by atoms with Crippen LogP contribution in [0, 0.1) is 0 Å². The van der Waals surface area contributed by atoms with Crippen molar-refractivity contribution in [1.82, 2.24) is 0 Å². The highest BCUT2D eigenvalue weighted by atomic mass is 127. The molecule has 9 atom stereocenters. The van der Waals surface area contributed by atoms with Gasteiger partial charge in [0, 0.05) is 31.7 Å². The fourth-order valence-electron chi connectivity index (χ4n) is 5.30. The quantitative estimate of drug-likeness (QED) is 0.360. The lowest BCUT2D eigenvalue weighted by molar-refractivity contribution is -0.276. The Kier molecular flexibility index (Phi) is 7.34. The smallest absolute Gasteiger partial charge is 0.305 e. The third-order valence-electron chi connectivity index (χ3n) is 6.62. The zero-order valence-electron chi connectivity index (χ0n) is 17.1. The van der Waals surface area contributed by atoms with Crippen LogP contribution in [0.2, 0.25) is 0 Å². The number of hydrogen-bond acceptors (Lipinski definition) is 6. The van der Waals surface area contributed by atoms with Crippen LogP contribution in [-0.2, 0) is 28.5 Å². The molecule has 0 aromatic heterocycles. The Bertz CT molecular complexity index is 663. The van der Waals surface area contributed by atoms with E-state index in [9.17, 15) is 4.79 Å². The molecule has 7 nitrogen and oxygen atoms in total. The third-order valence-corrected chi connectivity index (χ3v) is 7.43. The molecule has 0 saturated carbocycles. The maximum atomic E-state index is 11.2. The molecule has 9 heteroatoms. The fraction of sp³-hybridized carbons (Fsp3) is 0.857. The summed E-state index contributed by atoms with van der Waals surface area (Å²) in [7, 11) is 1.70. The maximum absolute atomic E-state index is 11.2. The summed E-state index contributed by atoms with van der Waals surface area (Å²) in [6.45, 7) is 3.94. The average molecular weight is 557 g/mol. The van der Waals surface area contributed by atoms with Crippen LogP contribution in [0.25, 0.3) is 0 Å². The Balaban J connectivity index is 1.50. The first-order chi connectivity index (χ1) is 14.3. The number of rotatable bonds is 8. The molecule has 0 amide bonds. The molecule has 4 rings (SSSR count). The summed E-state index contributed by atoms with van der Waals surface area (Å²) >= 11 is 8.72. The summed E-state index contributed by atoms with van der Waals surface area (Å²) < 4.78 is 32.4. The van der Waals surface area contributed by atoms with E-state index >= 15 is 0 Å². The highest BCUT2D eigenvalue weighted by Gasteiger charge is 2.59. The van der Waals surface area contributed by atoms with Gasteiger partial charge in [-0.25, -0.2) is 0 Å². The van der Waals surface area contributed by atoms with Gasteiger partial charge in [0.05, 0.1) is 36.9 Å². The second-order valence-corrected chi connectivity index (χ2v) is 11.0. The van der Waals surface area contributed by atoms with Crippen molar-refractivity contribution in [3.8, 4) is 0 Å².